The van der Waals surface area contributed by atoms with Crippen molar-refractivity contribution in [3.8, 4) is 0 Å². The van der Waals surface area contributed by atoms with Gasteiger partial charge in [0.1, 0.15) is 5.82 Å². The van der Waals surface area contributed by atoms with Gasteiger partial charge in [0.2, 0.25) is 11.7 Å². The molecule has 1 N–H and O–H groups in total. The van der Waals surface area contributed by atoms with Crippen molar-refractivity contribution < 1.29 is 9.18 Å². The fourth-order valence-corrected chi connectivity index (χ4v) is 4.07. The molecule has 0 aliphatic rings. The molecule has 0 radical (unpaired) electrons. The Morgan fingerprint density at radius 2 is 2.03 bits per heavy atom. The largest absolute Gasteiger partial charge is 0.325 e. The summed E-state index contributed by atoms with van der Waals surface area (Å²) >= 11 is 6.94. The van der Waals surface area contributed by atoms with E-state index in [2.05, 4.69) is 15.5 Å². The highest BCUT2D eigenvalue weighted by molar-refractivity contribution is 7.99. The zero-order valence-electron chi connectivity index (χ0n) is 15.9. The van der Waals surface area contributed by atoms with Crippen LogP contribution in [0.3, 0.4) is 0 Å². The molecule has 0 aliphatic carbocycles. The highest BCUT2D eigenvalue weighted by Gasteiger charge is 2.17. The Balaban J connectivity index is 1.64. The van der Waals surface area contributed by atoms with Gasteiger partial charge in [0.15, 0.2) is 5.16 Å². The average molecular weight is 446 g/mol. The van der Waals surface area contributed by atoms with Crippen LogP contribution in [0, 0.1) is 5.82 Å². The quantitative estimate of drug-likeness (QED) is 0.454. The number of amides is 1. The van der Waals surface area contributed by atoms with Gasteiger partial charge in [-0.2, -0.15) is 0 Å². The number of aromatic nitrogens is 4. The first kappa shape index (κ1) is 20.4. The Hall–Kier alpha value is -2.91. The van der Waals surface area contributed by atoms with E-state index in [0.29, 0.717) is 34.1 Å². The second-order valence-corrected chi connectivity index (χ2v) is 7.91. The highest BCUT2D eigenvalue weighted by atomic mass is 35.5. The van der Waals surface area contributed by atoms with E-state index in [1.54, 1.807) is 15.0 Å². The van der Waals surface area contributed by atoms with Crippen molar-refractivity contribution in [1.82, 2.24) is 19.2 Å². The molecule has 0 unspecified atom stereocenters. The van der Waals surface area contributed by atoms with Crippen LogP contribution in [0.4, 0.5) is 10.1 Å². The van der Waals surface area contributed by atoms with Gasteiger partial charge >= 0.3 is 0 Å². The van der Waals surface area contributed by atoms with Crippen molar-refractivity contribution in [2.24, 2.45) is 0 Å². The number of hydrogen-bond donors (Lipinski definition) is 1. The Bertz CT molecular complexity index is 1320. The summed E-state index contributed by atoms with van der Waals surface area (Å²) in [6.07, 6.45) is 0.770. The van der Waals surface area contributed by atoms with E-state index in [1.165, 1.54) is 30.0 Å². The average Bonchev–Trinajstić information content (AvgIpc) is 3.16. The summed E-state index contributed by atoms with van der Waals surface area (Å²) in [6, 6.07) is 11.2. The van der Waals surface area contributed by atoms with Crippen LogP contribution in [0.5, 0.6) is 0 Å². The third-order valence-corrected chi connectivity index (χ3v) is 5.68. The van der Waals surface area contributed by atoms with Crippen molar-refractivity contribution in [3.05, 3.63) is 63.7 Å². The van der Waals surface area contributed by atoms with Crippen LogP contribution in [-0.4, -0.2) is 30.8 Å². The lowest BCUT2D eigenvalue weighted by atomic mass is 10.2. The predicted molar refractivity (Wildman–Crippen MR) is 116 cm³/mol. The van der Waals surface area contributed by atoms with Crippen LogP contribution in [0.2, 0.25) is 5.02 Å². The Morgan fingerprint density at radius 1 is 1.23 bits per heavy atom. The standard InChI is InChI=1S/C20H17ClFN5O2S/c1-2-9-26-18(29)13-5-3-4-6-16(13)27-19(26)24-25-20(27)30-11-17(28)23-12-7-8-15(22)14(21)10-12/h3-8,10H,2,9,11H2,1H3,(H,23,28). The number of fused-ring (bicyclic) bond motifs is 3. The number of thioether (sulfide) groups is 1. The molecule has 30 heavy (non-hydrogen) atoms. The molecule has 4 aromatic rings. The third kappa shape index (κ3) is 3.78. The van der Waals surface area contributed by atoms with Crippen LogP contribution in [0.15, 0.2) is 52.4 Å². The first-order valence-electron chi connectivity index (χ1n) is 9.24. The molecular formula is C20H17ClFN5O2S. The highest BCUT2D eigenvalue weighted by Crippen LogP contribution is 2.23. The molecule has 0 bridgehead atoms. The van der Waals surface area contributed by atoms with Crippen molar-refractivity contribution >= 4 is 51.6 Å². The van der Waals surface area contributed by atoms with E-state index in [-0.39, 0.29) is 22.2 Å². The van der Waals surface area contributed by atoms with Crippen LogP contribution in [0.1, 0.15) is 13.3 Å². The zero-order valence-corrected chi connectivity index (χ0v) is 17.5. The minimum Gasteiger partial charge on any atom is -0.325 e. The number of aryl methyl sites for hydroxylation is 1. The maximum Gasteiger partial charge on any atom is 0.262 e. The third-order valence-electron chi connectivity index (χ3n) is 4.46. The Morgan fingerprint density at radius 3 is 2.80 bits per heavy atom. The molecule has 0 fully saturated rings. The molecule has 10 heteroatoms. The van der Waals surface area contributed by atoms with Gasteiger partial charge in [-0.1, -0.05) is 42.4 Å². The van der Waals surface area contributed by atoms with Gasteiger partial charge < -0.3 is 5.32 Å². The summed E-state index contributed by atoms with van der Waals surface area (Å²) in [4.78, 5) is 25.2. The normalized spacial score (nSPS) is 11.3. The number of benzene rings is 2. The van der Waals surface area contributed by atoms with Crippen LogP contribution >= 0.6 is 23.4 Å². The van der Waals surface area contributed by atoms with E-state index in [1.807, 2.05) is 25.1 Å². The Kier molecular flexibility index (Phi) is 5.74. The van der Waals surface area contributed by atoms with Gasteiger partial charge in [0.05, 0.1) is 21.7 Å². The molecule has 0 saturated heterocycles. The first-order chi connectivity index (χ1) is 14.5. The fourth-order valence-electron chi connectivity index (χ4n) is 3.15. The number of para-hydroxylation sites is 1. The van der Waals surface area contributed by atoms with Gasteiger partial charge in [-0.3, -0.25) is 18.6 Å². The van der Waals surface area contributed by atoms with Gasteiger partial charge in [-0.15, -0.1) is 10.2 Å². The minimum atomic E-state index is -0.552. The lowest BCUT2D eigenvalue weighted by Crippen LogP contribution is -2.23. The van der Waals surface area contributed by atoms with Crippen molar-refractivity contribution in [1.29, 1.82) is 0 Å². The van der Waals surface area contributed by atoms with Crippen molar-refractivity contribution in [3.63, 3.8) is 0 Å². The summed E-state index contributed by atoms with van der Waals surface area (Å²) in [6.45, 7) is 2.50. The van der Waals surface area contributed by atoms with Crippen LogP contribution < -0.4 is 10.9 Å². The van der Waals surface area contributed by atoms with E-state index in [0.717, 1.165) is 6.42 Å². The van der Waals surface area contributed by atoms with E-state index in [4.69, 9.17) is 11.6 Å². The second kappa shape index (κ2) is 8.45. The van der Waals surface area contributed by atoms with E-state index >= 15 is 0 Å². The number of nitrogens with one attached hydrogen (secondary N) is 1. The van der Waals surface area contributed by atoms with Gasteiger partial charge in [-0.05, 0) is 36.8 Å². The summed E-state index contributed by atoms with van der Waals surface area (Å²) in [5, 5.41) is 12.1. The predicted octanol–water partition coefficient (Wildman–Crippen LogP) is 3.98. The van der Waals surface area contributed by atoms with Gasteiger partial charge in [0, 0.05) is 12.2 Å². The molecule has 0 aliphatic heterocycles. The monoisotopic (exact) mass is 445 g/mol. The van der Waals surface area contributed by atoms with Crippen molar-refractivity contribution in [2.75, 3.05) is 11.1 Å². The summed E-state index contributed by atoms with van der Waals surface area (Å²) in [5.74, 6) is -0.361. The van der Waals surface area contributed by atoms with E-state index in [9.17, 15) is 14.0 Å². The lowest BCUT2D eigenvalue weighted by Gasteiger charge is -2.10. The number of carbonyl (C=O) groups excluding carboxylic acids is 1. The molecule has 154 valence electrons. The van der Waals surface area contributed by atoms with E-state index < -0.39 is 5.82 Å². The first-order valence-corrected chi connectivity index (χ1v) is 10.6. The number of rotatable bonds is 6. The summed E-state index contributed by atoms with van der Waals surface area (Å²) < 4.78 is 16.7. The molecule has 2 aromatic heterocycles. The summed E-state index contributed by atoms with van der Waals surface area (Å²) in [7, 11) is 0. The SMILES string of the molecule is CCCn1c(=O)c2ccccc2n2c(SCC(=O)Nc3ccc(F)c(Cl)c3)nnc12. The van der Waals surface area contributed by atoms with Crippen molar-refractivity contribution in [2.45, 2.75) is 25.0 Å². The molecule has 4 rings (SSSR count). The lowest BCUT2D eigenvalue weighted by molar-refractivity contribution is -0.113. The molecule has 2 heterocycles. The summed E-state index contributed by atoms with van der Waals surface area (Å²) in [5.41, 5.74) is 0.971. The minimum absolute atomic E-state index is 0.0526. The number of nitrogens with zero attached hydrogens (tertiary/aromatic N) is 4. The van der Waals surface area contributed by atoms with Gasteiger partial charge in [0.25, 0.3) is 5.56 Å². The molecule has 0 spiro atoms. The Labute approximate surface area is 179 Å². The van der Waals surface area contributed by atoms with Crippen LogP contribution in [0.25, 0.3) is 16.7 Å². The zero-order chi connectivity index (χ0) is 21.3. The molecule has 1 amide bonds. The smallest absolute Gasteiger partial charge is 0.262 e. The molecular weight excluding hydrogens is 429 g/mol. The second-order valence-electron chi connectivity index (χ2n) is 6.56. The molecule has 7 nitrogen and oxygen atoms in total. The number of anilines is 1. The molecule has 2 aromatic carbocycles. The maximum absolute atomic E-state index is 13.3. The van der Waals surface area contributed by atoms with Crippen LogP contribution in [-0.2, 0) is 11.3 Å². The fraction of sp³-hybridized carbons (Fsp3) is 0.200. The maximum atomic E-state index is 13.3. The number of carbonyl (C=O) groups is 1. The topological polar surface area (TPSA) is 81.3 Å². The van der Waals surface area contributed by atoms with Gasteiger partial charge in [-0.25, -0.2) is 4.39 Å². The number of hydrogen-bond acceptors (Lipinski definition) is 5. The molecule has 0 atom stereocenters. The molecule has 0 saturated carbocycles. The number of halogens is 2.